The van der Waals surface area contributed by atoms with Gasteiger partial charge >= 0.3 is 0 Å². The van der Waals surface area contributed by atoms with E-state index < -0.39 is 0 Å². The predicted octanol–water partition coefficient (Wildman–Crippen LogP) is 4.99. The quantitative estimate of drug-likeness (QED) is 0.748. The molecule has 0 aliphatic heterocycles. The molecule has 2 heteroatoms. The van der Waals surface area contributed by atoms with E-state index in [2.05, 4.69) is 60.2 Å². The lowest BCUT2D eigenvalue weighted by Gasteiger charge is -2.21. The van der Waals surface area contributed by atoms with E-state index in [9.17, 15) is 0 Å². The Hall–Kier alpha value is -0.340. The van der Waals surface area contributed by atoms with Gasteiger partial charge in [0.1, 0.15) is 0 Å². The lowest BCUT2D eigenvalue weighted by Crippen LogP contribution is -2.23. The predicted molar refractivity (Wildman–Crippen MR) is 79.4 cm³/mol. The molecule has 0 bridgehead atoms. The number of hydrogen-bond acceptors (Lipinski definition) is 1. The summed E-state index contributed by atoms with van der Waals surface area (Å²) in [5, 5.41) is 3.67. The second-order valence-corrected chi connectivity index (χ2v) is 5.46. The zero-order valence-corrected chi connectivity index (χ0v) is 12.8. The maximum atomic E-state index is 3.67. The largest absolute Gasteiger partial charge is 0.310 e. The van der Waals surface area contributed by atoms with Crippen molar-refractivity contribution >= 4 is 15.9 Å². The van der Waals surface area contributed by atoms with Crippen LogP contribution in [0.25, 0.3) is 0 Å². The van der Waals surface area contributed by atoms with Crippen LogP contribution in [0.2, 0.25) is 0 Å². The molecule has 0 radical (unpaired) electrons. The van der Waals surface area contributed by atoms with Gasteiger partial charge in [-0.2, -0.15) is 0 Å². The Morgan fingerprint density at radius 3 is 2.65 bits per heavy atom. The molecular weight excluding hydrogens is 274 g/mol. The number of hydrogen-bond donors (Lipinski definition) is 1. The molecule has 1 rings (SSSR count). The maximum absolute atomic E-state index is 3.67. The molecular formula is C15H24BrN. The molecule has 0 saturated carbocycles. The Bertz CT molecular complexity index is 328. The van der Waals surface area contributed by atoms with Gasteiger partial charge in [0.2, 0.25) is 0 Å². The highest BCUT2D eigenvalue weighted by Gasteiger charge is 2.13. The van der Waals surface area contributed by atoms with Gasteiger partial charge in [-0.25, -0.2) is 0 Å². The average molecular weight is 298 g/mol. The third-order valence-corrected chi connectivity index (χ3v) is 4.03. The second-order valence-electron chi connectivity index (χ2n) is 4.60. The van der Waals surface area contributed by atoms with E-state index in [-0.39, 0.29) is 0 Å². The van der Waals surface area contributed by atoms with Crippen molar-refractivity contribution in [2.24, 2.45) is 0 Å². The Morgan fingerprint density at radius 2 is 2.00 bits per heavy atom. The minimum Gasteiger partial charge on any atom is -0.310 e. The average Bonchev–Trinajstić information content (AvgIpc) is 2.34. The van der Waals surface area contributed by atoms with Crippen molar-refractivity contribution in [2.45, 2.75) is 52.5 Å². The molecule has 96 valence electrons. The molecule has 0 aliphatic rings. The summed E-state index contributed by atoms with van der Waals surface area (Å²) in [6.45, 7) is 7.77. The van der Waals surface area contributed by atoms with E-state index in [4.69, 9.17) is 0 Å². The molecule has 0 aliphatic carbocycles. The van der Waals surface area contributed by atoms with Gasteiger partial charge in [-0.3, -0.25) is 0 Å². The fourth-order valence-electron chi connectivity index (χ4n) is 2.10. The van der Waals surface area contributed by atoms with Crippen LogP contribution in [-0.4, -0.2) is 6.54 Å². The van der Waals surface area contributed by atoms with Crippen LogP contribution in [-0.2, 0) is 0 Å². The number of benzene rings is 1. The van der Waals surface area contributed by atoms with Gasteiger partial charge in [0.15, 0.2) is 0 Å². The minimum absolute atomic E-state index is 0.507. The monoisotopic (exact) mass is 297 g/mol. The van der Waals surface area contributed by atoms with Crippen LogP contribution in [0.15, 0.2) is 22.7 Å². The first-order chi connectivity index (χ1) is 8.20. The zero-order chi connectivity index (χ0) is 12.7. The highest BCUT2D eigenvalue weighted by Crippen LogP contribution is 2.27. The lowest BCUT2D eigenvalue weighted by molar-refractivity contribution is 0.479. The van der Waals surface area contributed by atoms with Gasteiger partial charge in [0.25, 0.3) is 0 Å². The molecule has 1 atom stereocenters. The van der Waals surface area contributed by atoms with E-state index in [1.54, 1.807) is 0 Å². The third-order valence-electron chi connectivity index (χ3n) is 3.17. The molecule has 1 unspecified atom stereocenters. The molecule has 0 fully saturated rings. The highest BCUT2D eigenvalue weighted by atomic mass is 79.9. The van der Waals surface area contributed by atoms with Crippen molar-refractivity contribution < 1.29 is 0 Å². The molecule has 17 heavy (non-hydrogen) atoms. The topological polar surface area (TPSA) is 12.0 Å². The molecule has 1 aromatic rings. The summed E-state index contributed by atoms with van der Waals surface area (Å²) in [5.41, 5.74) is 2.82. The van der Waals surface area contributed by atoms with E-state index in [0.29, 0.717) is 6.04 Å². The van der Waals surface area contributed by atoms with Crippen molar-refractivity contribution in [1.82, 2.24) is 5.32 Å². The van der Waals surface area contributed by atoms with Crippen molar-refractivity contribution in [3.05, 3.63) is 33.8 Å². The van der Waals surface area contributed by atoms with Crippen LogP contribution in [0.1, 0.15) is 56.7 Å². The molecule has 0 amide bonds. The molecule has 0 heterocycles. The summed E-state index contributed by atoms with van der Waals surface area (Å²) in [5.74, 6) is 0. The second kappa shape index (κ2) is 7.88. The first-order valence-electron chi connectivity index (χ1n) is 6.69. The Balaban J connectivity index is 2.83. The summed E-state index contributed by atoms with van der Waals surface area (Å²) in [6, 6.07) is 7.02. The normalized spacial score (nSPS) is 12.7. The number of nitrogens with one attached hydrogen (secondary N) is 1. The van der Waals surface area contributed by atoms with Gasteiger partial charge in [-0.1, -0.05) is 54.8 Å². The Labute approximate surface area is 114 Å². The number of rotatable bonds is 7. The van der Waals surface area contributed by atoms with Crippen LogP contribution < -0.4 is 5.32 Å². The van der Waals surface area contributed by atoms with Gasteiger partial charge in [-0.15, -0.1) is 0 Å². The molecule has 0 aromatic heterocycles. The molecule has 1 aromatic carbocycles. The molecule has 1 N–H and O–H groups in total. The minimum atomic E-state index is 0.507. The van der Waals surface area contributed by atoms with Crippen LogP contribution in [0.3, 0.4) is 0 Å². The fraction of sp³-hybridized carbons (Fsp3) is 0.600. The first kappa shape index (κ1) is 14.7. The number of halogens is 1. The van der Waals surface area contributed by atoms with Crippen molar-refractivity contribution in [2.75, 3.05) is 6.54 Å². The van der Waals surface area contributed by atoms with Crippen LogP contribution >= 0.6 is 15.9 Å². The van der Waals surface area contributed by atoms with Gasteiger partial charge in [0, 0.05) is 10.5 Å². The van der Waals surface area contributed by atoms with Gasteiger partial charge < -0.3 is 5.32 Å². The highest BCUT2D eigenvalue weighted by molar-refractivity contribution is 9.10. The van der Waals surface area contributed by atoms with E-state index in [1.165, 1.54) is 41.3 Å². The third kappa shape index (κ3) is 4.44. The maximum Gasteiger partial charge on any atom is 0.0323 e. The van der Waals surface area contributed by atoms with Gasteiger partial charge in [-0.05, 0) is 43.5 Å². The molecule has 0 saturated heterocycles. The summed E-state index contributed by atoms with van der Waals surface area (Å²) in [6.07, 6.45) is 4.97. The Kier molecular flexibility index (Phi) is 6.83. The van der Waals surface area contributed by atoms with Crippen molar-refractivity contribution in [1.29, 1.82) is 0 Å². The standard InChI is InChI=1S/C15H24BrN/c1-4-6-10-15(17-11-5-2)13-8-7-9-14(16)12(13)3/h7-9,15,17H,4-6,10-11H2,1-3H3. The van der Waals surface area contributed by atoms with Crippen LogP contribution in [0.4, 0.5) is 0 Å². The SMILES string of the molecule is CCCCC(NCCC)c1cccc(Br)c1C. The Morgan fingerprint density at radius 1 is 1.24 bits per heavy atom. The molecule has 0 spiro atoms. The van der Waals surface area contributed by atoms with E-state index >= 15 is 0 Å². The lowest BCUT2D eigenvalue weighted by atomic mass is 9.97. The van der Waals surface area contributed by atoms with Crippen LogP contribution in [0.5, 0.6) is 0 Å². The fourth-order valence-corrected chi connectivity index (χ4v) is 2.48. The van der Waals surface area contributed by atoms with E-state index in [1.807, 2.05) is 0 Å². The summed E-state index contributed by atoms with van der Waals surface area (Å²) in [7, 11) is 0. The smallest absolute Gasteiger partial charge is 0.0323 e. The summed E-state index contributed by atoms with van der Waals surface area (Å²) in [4.78, 5) is 0. The molecule has 1 nitrogen and oxygen atoms in total. The zero-order valence-electron chi connectivity index (χ0n) is 11.2. The number of unbranched alkanes of at least 4 members (excludes halogenated alkanes) is 1. The summed E-state index contributed by atoms with van der Waals surface area (Å²) < 4.78 is 1.22. The van der Waals surface area contributed by atoms with Crippen LogP contribution in [0, 0.1) is 6.92 Å². The first-order valence-corrected chi connectivity index (χ1v) is 7.48. The van der Waals surface area contributed by atoms with Crippen molar-refractivity contribution in [3.8, 4) is 0 Å². The van der Waals surface area contributed by atoms with Gasteiger partial charge in [0.05, 0.1) is 0 Å². The van der Waals surface area contributed by atoms with Crippen molar-refractivity contribution in [3.63, 3.8) is 0 Å². The van der Waals surface area contributed by atoms with E-state index in [0.717, 1.165) is 6.54 Å². The summed E-state index contributed by atoms with van der Waals surface area (Å²) >= 11 is 3.62.